The Hall–Kier alpha value is -2.34. The predicted molar refractivity (Wildman–Crippen MR) is 109 cm³/mol. The molecular formula is C21H25ClFN3O2. The molecule has 150 valence electrons. The Kier molecular flexibility index (Phi) is 5.53. The molecule has 0 saturated heterocycles. The largest absolute Gasteiger partial charge is 0.444 e. The van der Waals surface area contributed by atoms with E-state index in [0.29, 0.717) is 35.8 Å². The van der Waals surface area contributed by atoms with Crippen LogP contribution in [0.25, 0.3) is 11.9 Å². The van der Waals surface area contributed by atoms with E-state index in [9.17, 15) is 9.18 Å². The molecule has 0 atom stereocenters. The number of carbonyl (C=O) groups excluding carboxylic acids is 1. The number of hydrogen-bond donors (Lipinski definition) is 0. The molecule has 0 bridgehead atoms. The van der Waals surface area contributed by atoms with Crippen molar-refractivity contribution < 1.29 is 13.9 Å². The van der Waals surface area contributed by atoms with Crippen LogP contribution in [0.1, 0.15) is 49.1 Å². The minimum Gasteiger partial charge on any atom is -0.444 e. The van der Waals surface area contributed by atoms with Crippen molar-refractivity contribution in [3.8, 4) is 0 Å². The monoisotopic (exact) mass is 405 g/mol. The Morgan fingerprint density at radius 3 is 2.75 bits per heavy atom. The molecule has 0 aliphatic carbocycles. The van der Waals surface area contributed by atoms with Crippen LogP contribution in [-0.4, -0.2) is 32.7 Å². The first-order valence-electron chi connectivity index (χ1n) is 9.22. The zero-order chi connectivity index (χ0) is 20.6. The summed E-state index contributed by atoms with van der Waals surface area (Å²) in [6.45, 7) is 8.16. The van der Waals surface area contributed by atoms with Crippen molar-refractivity contribution in [2.24, 2.45) is 7.05 Å². The van der Waals surface area contributed by atoms with Gasteiger partial charge in [-0.15, -0.1) is 0 Å². The summed E-state index contributed by atoms with van der Waals surface area (Å²) in [4.78, 5) is 18.4. The molecule has 1 aliphatic heterocycles. The lowest BCUT2D eigenvalue weighted by molar-refractivity contribution is 0.0220. The highest BCUT2D eigenvalue weighted by Gasteiger charge is 2.29. The highest BCUT2D eigenvalue weighted by molar-refractivity contribution is 6.31. The number of halogens is 2. The van der Waals surface area contributed by atoms with E-state index in [1.807, 2.05) is 33.8 Å². The topological polar surface area (TPSA) is 47.4 Å². The highest BCUT2D eigenvalue weighted by Crippen LogP contribution is 2.28. The van der Waals surface area contributed by atoms with Crippen LogP contribution < -0.4 is 0 Å². The summed E-state index contributed by atoms with van der Waals surface area (Å²) < 4.78 is 22.2. The van der Waals surface area contributed by atoms with Crippen LogP contribution in [0, 0.1) is 6.92 Å². The van der Waals surface area contributed by atoms with Crippen LogP contribution in [0.5, 0.6) is 0 Å². The molecule has 1 aliphatic rings. The maximum Gasteiger partial charge on any atom is 0.410 e. The molecule has 2 heterocycles. The number of benzene rings is 1. The molecule has 0 saturated carbocycles. The SMILES string of the molecule is Cc1c(Cl)cccc1/C=C(\F)c1nc2c(n1C)CCN(C(=O)OC(C)(C)C)C2. The molecule has 1 aromatic heterocycles. The van der Waals surface area contributed by atoms with Gasteiger partial charge in [-0.3, -0.25) is 0 Å². The van der Waals surface area contributed by atoms with Crippen LogP contribution in [0.4, 0.5) is 9.18 Å². The predicted octanol–water partition coefficient (Wildman–Crippen LogP) is 5.14. The van der Waals surface area contributed by atoms with E-state index in [0.717, 1.165) is 11.3 Å². The van der Waals surface area contributed by atoms with Gasteiger partial charge in [0.05, 0.1) is 12.2 Å². The van der Waals surface area contributed by atoms with Gasteiger partial charge < -0.3 is 14.2 Å². The zero-order valence-electron chi connectivity index (χ0n) is 16.8. The number of amides is 1. The molecular weight excluding hydrogens is 381 g/mol. The molecule has 7 heteroatoms. The van der Waals surface area contributed by atoms with Gasteiger partial charge in [0.2, 0.25) is 0 Å². The van der Waals surface area contributed by atoms with E-state index in [4.69, 9.17) is 16.3 Å². The number of aromatic nitrogens is 2. The van der Waals surface area contributed by atoms with Crippen LogP contribution in [-0.2, 0) is 24.8 Å². The summed E-state index contributed by atoms with van der Waals surface area (Å²) >= 11 is 6.13. The highest BCUT2D eigenvalue weighted by atomic mass is 35.5. The van der Waals surface area contributed by atoms with Crippen LogP contribution in [0.3, 0.4) is 0 Å². The quantitative estimate of drug-likeness (QED) is 0.694. The molecule has 0 N–H and O–H groups in total. The first-order chi connectivity index (χ1) is 13.1. The molecule has 1 amide bonds. The number of carbonyl (C=O) groups is 1. The van der Waals surface area contributed by atoms with E-state index in [1.165, 1.54) is 6.08 Å². The molecule has 28 heavy (non-hydrogen) atoms. The molecule has 0 fully saturated rings. The first-order valence-corrected chi connectivity index (χ1v) is 9.59. The van der Waals surface area contributed by atoms with E-state index >= 15 is 0 Å². The van der Waals surface area contributed by atoms with E-state index in [2.05, 4.69) is 4.98 Å². The Bertz CT molecular complexity index is 944. The van der Waals surface area contributed by atoms with Crippen LogP contribution >= 0.6 is 11.6 Å². The smallest absolute Gasteiger partial charge is 0.410 e. The Morgan fingerprint density at radius 2 is 2.07 bits per heavy atom. The maximum absolute atomic E-state index is 15.0. The third-order valence-electron chi connectivity index (χ3n) is 4.71. The minimum absolute atomic E-state index is 0.246. The number of imidazole rings is 1. The second-order valence-electron chi connectivity index (χ2n) is 7.99. The van der Waals surface area contributed by atoms with Gasteiger partial charge in [-0.1, -0.05) is 23.7 Å². The van der Waals surface area contributed by atoms with Gasteiger partial charge in [0.1, 0.15) is 5.60 Å². The summed E-state index contributed by atoms with van der Waals surface area (Å²) in [5.41, 5.74) is 2.59. The third kappa shape index (κ3) is 4.22. The minimum atomic E-state index is -0.559. The molecule has 3 rings (SSSR count). The van der Waals surface area contributed by atoms with Crippen molar-refractivity contribution in [1.82, 2.24) is 14.5 Å². The average molecular weight is 406 g/mol. The Balaban J connectivity index is 1.86. The van der Waals surface area contributed by atoms with Gasteiger partial charge in [0.25, 0.3) is 0 Å². The number of ether oxygens (including phenoxy) is 1. The second-order valence-corrected chi connectivity index (χ2v) is 8.39. The van der Waals surface area contributed by atoms with Crippen molar-refractivity contribution in [3.63, 3.8) is 0 Å². The maximum atomic E-state index is 15.0. The molecule has 1 aromatic carbocycles. The van der Waals surface area contributed by atoms with Gasteiger partial charge in [-0.2, -0.15) is 0 Å². The number of nitrogens with zero attached hydrogens (tertiary/aromatic N) is 3. The summed E-state index contributed by atoms with van der Waals surface area (Å²) in [7, 11) is 1.79. The van der Waals surface area contributed by atoms with Crippen molar-refractivity contribution in [3.05, 3.63) is 51.6 Å². The van der Waals surface area contributed by atoms with Gasteiger partial charge in [0.15, 0.2) is 11.7 Å². The molecule has 5 nitrogen and oxygen atoms in total. The van der Waals surface area contributed by atoms with Crippen molar-refractivity contribution in [2.75, 3.05) is 6.54 Å². The summed E-state index contributed by atoms with van der Waals surface area (Å²) in [6.07, 6.45) is 1.67. The lowest BCUT2D eigenvalue weighted by Crippen LogP contribution is -2.40. The second kappa shape index (κ2) is 7.59. The van der Waals surface area contributed by atoms with E-state index in [-0.39, 0.29) is 11.9 Å². The van der Waals surface area contributed by atoms with Crippen molar-refractivity contribution in [1.29, 1.82) is 0 Å². The first kappa shape index (κ1) is 20.4. The van der Waals surface area contributed by atoms with Gasteiger partial charge in [-0.25, -0.2) is 14.2 Å². The molecule has 0 unspecified atom stereocenters. The number of fused-ring (bicyclic) bond motifs is 1. The van der Waals surface area contributed by atoms with Crippen molar-refractivity contribution in [2.45, 2.75) is 46.3 Å². The fourth-order valence-electron chi connectivity index (χ4n) is 3.21. The fourth-order valence-corrected chi connectivity index (χ4v) is 3.39. The molecule has 2 aromatic rings. The summed E-state index contributed by atoms with van der Waals surface area (Å²) in [5, 5.41) is 0.591. The Morgan fingerprint density at radius 1 is 1.36 bits per heavy atom. The zero-order valence-corrected chi connectivity index (χ0v) is 17.6. The van der Waals surface area contributed by atoms with Crippen LogP contribution in [0.2, 0.25) is 5.02 Å². The van der Waals surface area contributed by atoms with Gasteiger partial charge in [0, 0.05) is 30.7 Å². The molecule has 0 radical (unpaired) electrons. The Labute approximate surface area is 169 Å². The van der Waals surface area contributed by atoms with E-state index in [1.54, 1.807) is 28.6 Å². The van der Waals surface area contributed by atoms with Crippen LogP contribution in [0.15, 0.2) is 18.2 Å². The standard InChI is InChI=1S/C21H25ClFN3O2/c1-13-14(7-6-8-15(13)22)11-16(23)19-24-17-12-26(10-9-18(17)25(19)5)20(27)28-21(2,3)4/h6-8,11H,9-10,12H2,1-5H3/b16-11-. The summed E-state index contributed by atoms with van der Waals surface area (Å²) in [5.74, 6) is -0.193. The summed E-state index contributed by atoms with van der Waals surface area (Å²) in [6, 6.07) is 5.38. The number of hydrogen-bond acceptors (Lipinski definition) is 3. The lowest BCUT2D eigenvalue weighted by atomic mass is 10.1. The van der Waals surface area contributed by atoms with Gasteiger partial charge >= 0.3 is 6.09 Å². The van der Waals surface area contributed by atoms with E-state index < -0.39 is 11.4 Å². The molecule has 0 spiro atoms. The fraction of sp³-hybridized carbons (Fsp3) is 0.429. The van der Waals surface area contributed by atoms with Gasteiger partial charge in [-0.05, 0) is 51.0 Å². The average Bonchev–Trinajstić information content (AvgIpc) is 2.94. The third-order valence-corrected chi connectivity index (χ3v) is 5.12. The lowest BCUT2D eigenvalue weighted by Gasteiger charge is -2.29. The number of rotatable bonds is 2. The normalized spacial score (nSPS) is 14.8. The van der Waals surface area contributed by atoms with Crippen molar-refractivity contribution >= 4 is 29.6 Å².